The van der Waals surface area contributed by atoms with Crippen LogP contribution in [0.3, 0.4) is 0 Å². The molecule has 1 N–H and O–H groups in total. The highest BCUT2D eigenvalue weighted by Crippen LogP contribution is 2.40. The summed E-state index contributed by atoms with van der Waals surface area (Å²) < 4.78 is 41.0. The molecule has 0 bridgehead atoms. The summed E-state index contributed by atoms with van der Waals surface area (Å²) in [5.41, 5.74) is 3.16. The Morgan fingerprint density at radius 3 is 2.50 bits per heavy atom. The SMILES string of the molecule is C[C@@H]1CN(CC(=O)N2CC(C)(C)c3ncc(Cc4ccc(F)cc4)cc32)[C@@H](CN2CCC(F)(F)C2=O)CN1.Cl.Cl. The Bertz CT molecular complexity index is 1230. The number of pyridine rings is 1. The first-order valence-electron chi connectivity index (χ1n) is 13.1. The molecule has 2 aromatic rings. The fourth-order valence-electron chi connectivity index (χ4n) is 5.74. The molecule has 2 fully saturated rings. The van der Waals surface area contributed by atoms with Crippen molar-refractivity contribution >= 4 is 42.3 Å². The molecule has 12 heteroatoms. The normalized spacial score (nSPS) is 23.4. The molecule has 40 heavy (non-hydrogen) atoms. The molecule has 0 saturated carbocycles. The number of carbonyl (C=O) groups excluding carboxylic acids is 2. The van der Waals surface area contributed by atoms with Gasteiger partial charge in [-0.15, -0.1) is 24.8 Å². The molecule has 3 aliphatic rings. The quantitative estimate of drug-likeness (QED) is 0.545. The van der Waals surface area contributed by atoms with E-state index in [9.17, 15) is 22.8 Å². The molecule has 0 spiro atoms. The van der Waals surface area contributed by atoms with Gasteiger partial charge in [-0.05, 0) is 42.7 Å². The van der Waals surface area contributed by atoms with Gasteiger partial charge in [0.05, 0.1) is 17.9 Å². The Kier molecular flexibility index (Phi) is 9.82. The zero-order valence-electron chi connectivity index (χ0n) is 22.8. The topological polar surface area (TPSA) is 68.8 Å². The van der Waals surface area contributed by atoms with E-state index in [1.54, 1.807) is 17.0 Å². The van der Waals surface area contributed by atoms with Gasteiger partial charge in [-0.25, -0.2) is 4.39 Å². The van der Waals surface area contributed by atoms with Gasteiger partial charge in [0, 0.05) is 62.8 Å². The Morgan fingerprint density at radius 2 is 1.85 bits per heavy atom. The van der Waals surface area contributed by atoms with Gasteiger partial charge in [-0.1, -0.05) is 26.0 Å². The molecule has 3 aliphatic heterocycles. The van der Waals surface area contributed by atoms with Crippen molar-refractivity contribution in [3.63, 3.8) is 0 Å². The highest BCUT2D eigenvalue weighted by molar-refractivity contribution is 5.97. The number of amides is 2. The van der Waals surface area contributed by atoms with E-state index in [1.807, 2.05) is 24.1 Å². The zero-order valence-corrected chi connectivity index (χ0v) is 24.5. The van der Waals surface area contributed by atoms with E-state index in [0.717, 1.165) is 22.5 Å². The van der Waals surface area contributed by atoms with E-state index in [4.69, 9.17) is 4.98 Å². The van der Waals surface area contributed by atoms with E-state index >= 15 is 0 Å². The van der Waals surface area contributed by atoms with E-state index in [-0.39, 0.29) is 73.7 Å². The number of anilines is 1. The first-order chi connectivity index (χ1) is 17.9. The minimum Gasteiger partial charge on any atom is -0.336 e. The number of carbonyl (C=O) groups is 2. The number of rotatable bonds is 6. The van der Waals surface area contributed by atoms with Crippen molar-refractivity contribution in [1.82, 2.24) is 20.1 Å². The number of fused-ring (bicyclic) bond motifs is 1. The van der Waals surface area contributed by atoms with Crippen molar-refractivity contribution in [2.45, 2.75) is 57.0 Å². The lowest BCUT2D eigenvalue weighted by Crippen LogP contribution is -2.61. The number of benzene rings is 1. The van der Waals surface area contributed by atoms with Crippen LogP contribution in [0.2, 0.25) is 0 Å². The van der Waals surface area contributed by atoms with Crippen molar-refractivity contribution in [1.29, 1.82) is 0 Å². The van der Waals surface area contributed by atoms with Crippen LogP contribution < -0.4 is 10.2 Å². The molecule has 5 rings (SSSR count). The van der Waals surface area contributed by atoms with Gasteiger partial charge < -0.3 is 15.1 Å². The van der Waals surface area contributed by atoms with E-state index in [1.165, 1.54) is 17.0 Å². The number of alkyl halides is 2. The van der Waals surface area contributed by atoms with Crippen LogP contribution in [0.25, 0.3) is 0 Å². The summed E-state index contributed by atoms with van der Waals surface area (Å²) in [7, 11) is 0. The number of nitrogens with one attached hydrogen (secondary N) is 1. The molecule has 2 saturated heterocycles. The number of aromatic nitrogens is 1. The molecule has 220 valence electrons. The van der Waals surface area contributed by atoms with Crippen molar-refractivity contribution in [3.8, 4) is 0 Å². The van der Waals surface area contributed by atoms with Crippen LogP contribution in [-0.2, 0) is 21.4 Å². The lowest BCUT2D eigenvalue weighted by Gasteiger charge is -2.41. The van der Waals surface area contributed by atoms with Crippen LogP contribution in [0.1, 0.15) is 44.0 Å². The van der Waals surface area contributed by atoms with Gasteiger partial charge in [-0.3, -0.25) is 19.5 Å². The largest absolute Gasteiger partial charge is 0.336 e. The van der Waals surface area contributed by atoms with Crippen molar-refractivity contribution in [3.05, 3.63) is 59.2 Å². The number of piperazine rings is 1. The average molecular weight is 603 g/mol. The average Bonchev–Trinajstić information content (AvgIpc) is 3.28. The van der Waals surface area contributed by atoms with Gasteiger partial charge in [0.15, 0.2) is 0 Å². The van der Waals surface area contributed by atoms with E-state index in [2.05, 4.69) is 19.2 Å². The van der Waals surface area contributed by atoms with Crippen molar-refractivity contribution < 1.29 is 22.8 Å². The van der Waals surface area contributed by atoms with E-state index < -0.39 is 18.3 Å². The lowest BCUT2D eigenvalue weighted by molar-refractivity contribution is -0.148. The van der Waals surface area contributed by atoms with Crippen molar-refractivity contribution in [2.24, 2.45) is 0 Å². The summed E-state index contributed by atoms with van der Waals surface area (Å²) in [5, 5.41) is 3.35. The Hall–Kier alpha value is -2.40. The van der Waals surface area contributed by atoms with Gasteiger partial charge in [-0.2, -0.15) is 8.78 Å². The second-order valence-electron chi connectivity index (χ2n) is 11.5. The number of nitrogens with zero attached hydrogens (tertiary/aromatic N) is 4. The molecule has 4 heterocycles. The van der Waals surface area contributed by atoms with E-state index in [0.29, 0.717) is 26.1 Å². The molecule has 0 radical (unpaired) electrons. The van der Waals surface area contributed by atoms with Gasteiger partial charge in [0.2, 0.25) is 5.91 Å². The molecule has 2 atom stereocenters. The summed E-state index contributed by atoms with van der Waals surface area (Å²) in [5.74, 6) is -4.81. The van der Waals surface area contributed by atoms with Crippen LogP contribution in [0.15, 0.2) is 36.5 Å². The predicted molar refractivity (Wildman–Crippen MR) is 152 cm³/mol. The molecular formula is C28H36Cl2F3N5O2. The molecule has 7 nitrogen and oxygen atoms in total. The van der Waals surface area contributed by atoms with Gasteiger partial charge in [0.25, 0.3) is 5.91 Å². The maximum Gasteiger partial charge on any atom is 0.326 e. The minimum atomic E-state index is -3.31. The van der Waals surface area contributed by atoms with Gasteiger partial charge >= 0.3 is 5.92 Å². The first-order valence-corrected chi connectivity index (χ1v) is 13.1. The highest BCUT2D eigenvalue weighted by Gasteiger charge is 2.49. The molecule has 1 aromatic heterocycles. The lowest BCUT2D eigenvalue weighted by atomic mass is 9.91. The van der Waals surface area contributed by atoms with Crippen LogP contribution in [0.4, 0.5) is 18.9 Å². The minimum absolute atomic E-state index is 0. The van der Waals surface area contributed by atoms with Crippen molar-refractivity contribution in [2.75, 3.05) is 44.2 Å². The standard InChI is InChI=1S/C28H34F3N5O2.2ClH/c1-18-14-35(22(13-32-18)15-34-9-8-28(30,31)26(34)38)16-24(37)36-17-27(2,3)25-23(36)11-20(12-33-25)10-19-4-6-21(29)7-5-19;;/h4-7,11-12,18,22,32H,8-10,13-17H2,1-3H3;2*1H/t18-,22-;;/m1../s1. The second-order valence-corrected chi connectivity index (χ2v) is 11.5. The summed E-state index contributed by atoms with van der Waals surface area (Å²) in [6.45, 7) is 7.99. The molecule has 0 aliphatic carbocycles. The zero-order chi connectivity index (χ0) is 27.2. The third-order valence-electron chi connectivity index (χ3n) is 7.82. The molecule has 2 amide bonds. The smallest absolute Gasteiger partial charge is 0.326 e. The number of likely N-dealkylation sites (tertiary alicyclic amines) is 1. The van der Waals surface area contributed by atoms with Crippen LogP contribution in [-0.4, -0.2) is 83.9 Å². The first kappa shape index (κ1) is 32.1. The maximum atomic E-state index is 13.8. The number of hydrogen-bond donors (Lipinski definition) is 1. The Morgan fingerprint density at radius 1 is 1.15 bits per heavy atom. The third-order valence-corrected chi connectivity index (χ3v) is 7.82. The Balaban J connectivity index is 0.00000220. The monoisotopic (exact) mass is 601 g/mol. The summed E-state index contributed by atoms with van der Waals surface area (Å²) in [6.07, 6.45) is 1.91. The maximum absolute atomic E-state index is 13.8. The second kappa shape index (κ2) is 12.2. The number of hydrogen-bond acceptors (Lipinski definition) is 5. The van der Waals surface area contributed by atoms with Gasteiger partial charge in [0.1, 0.15) is 5.82 Å². The summed E-state index contributed by atoms with van der Waals surface area (Å²) in [4.78, 5) is 35.6. The fraction of sp³-hybridized carbons (Fsp3) is 0.536. The fourth-order valence-corrected chi connectivity index (χ4v) is 5.74. The number of halogens is 5. The third kappa shape index (κ3) is 6.56. The van der Waals surface area contributed by atoms with Crippen LogP contribution in [0, 0.1) is 5.82 Å². The summed E-state index contributed by atoms with van der Waals surface area (Å²) in [6, 6.07) is 8.20. The molecule has 0 unspecified atom stereocenters. The Labute approximate surface area is 245 Å². The molecule has 1 aromatic carbocycles. The van der Waals surface area contributed by atoms with Crippen LogP contribution in [0.5, 0.6) is 0 Å². The highest BCUT2D eigenvalue weighted by atomic mass is 35.5. The predicted octanol–water partition coefficient (Wildman–Crippen LogP) is 3.81. The molecular weight excluding hydrogens is 566 g/mol. The summed E-state index contributed by atoms with van der Waals surface area (Å²) >= 11 is 0. The van der Waals surface area contributed by atoms with Crippen LogP contribution >= 0.6 is 24.8 Å².